The fourth-order valence-electron chi connectivity index (χ4n) is 1.52. The van der Waals surface area contributed by atoms with E-state index in [-0.39, 0.29) is 18.4 Å². The number of halogens is 3. The number of rotatable bonds is 4. The van der Waals surface area contributed by atoms with Crippen molar-refractivity contribution in [3.63, 3.8) is 0 Å². The van der Waals surface area contributed by atoms with Gasteiger partial charge >= 0.3 is 0 Å². The molecule has 19 heavy (non-hydrogen) atoms. The molecule has 0 amide bonds. The minimum absolute atomic E-state index is 0.160. The largest absolute Gasteiger partial charge is 0.308 e. The summed E-state index contributed by atoms with van der Waals surface area (Å²) in [5, 5.41) is 13.6. The minimum Gasteiger partial charge on any atom is -0.308 e. The minimum atomic E-state index is -1.06. The van der Waals surface area contributed by atoms with Crippen LogP contribution < -0.4 is 5.32 Å². The number of nitrogens with zero attached hydrogens (tertiary/aromatic N) is 4. The Labute approximate surface area is 107 Å². The highest BCUT2D eigenvalue weighted by molar-refractivity contribution is 5.35. The van der Waals surface area contributed by atoms with Crippen LogP contribution in [0.15, 0.2) is 12.1 Å². The van der Waals surface area contributed by atoms with Gasteiger partial charge < -0.3 is 5.32 Å². The summed E-state index contributed by atoms with van der Waals surface area (Å²) in [5.74, 6) is -2.88. The summed E-state index contributed by atoms with van der Waals surface area (Å²) in [6, 6.07) is 1.33. The van der Waals surface area contributed by atoms with Gasteiger partial charge in [-0.25, -0.2) is 13.2 Å². The monoisotopic (exact) mass is 271 g/mol. The molecular formula is C11H12F3N5. The van der Waals surface area contributed by atoms with Gasteiger partial charge in [0.25, 0.3) is 0 Å². The molecular weight excluding hydrogens is 259 g/mol. The Kier molecular flexibility index (Phi) is 3.79. The molecule has 2 rings (SSSR count). The Morgan fingerprint density at radius 2 is 1.84 bits per heavy atom. The first-order valence-electron chi connectivity index (χ1n) is 5.64. The lowest BCUT2D eigenvalue weighted by Crippen LogP contribution is -2.24. The number of nitrogens with one attached hydrogen (secondary N) is 1. The van der Waals surface area contributed by atoms with Crippen molar-refractivity contribution in [2.45, 2.75) is 26.4 Å². The van der Waals surface area contributed by atoms with Crippen LogP contribution in [0.2, 0.25) is 0 Å². The standard InChI is InChI=1S/C11H12F3N5/c1-6(2)15-5-10-16-17-18-19(10)11-8(13)3-7(12)4-9(11)14/h3-4,6,15H,5H2,1-2H3. The average molecular weight is 271 g/mol. The van der Waals surface area contributed by atoms with E-state index in [0.717, 1.165) is 4.68 Å². The molecule has 0 aliphatic rings. The van der Waals surface area contributed by atoms with Gasteiger partial charge in [0.2, 0.25) is 0 Å². The molecule has 0 saturated heterocycles. The van der Waals surface area contributed by atoms with Gasteiger partial charge in [-0.05, 0) is 10.4 Å². The van der Waals surface area contributed by atoms with E-state index in [4.69, 9.17) is 0 Å². The van der Waals surface area contributed by atoms with Crippen molar-refractivity contribution < 1.29 is 13.2 Å². The topological polar surface area (TPSA) is 55.6 Å². The lowest BCUT2D eigenvalue weighted by molar-refractivity contribution is 0.514. The summed E-state index contributed by atoms with van der Waals surface area (Å²) in [5.41, 5.74) is -0.494. The molecule has 2 aromatic rings. The fraction of sp³-hybridized carbons (Fsp3) is 0.364. The van der Waals surface area contributed by atoms with Crippen LogP contribution in [0, 0.1) is 17.5 Å². The number of benzene rings is 1. The molecule has 0 aliphatic heterocycles. The lowest BCUT2D eigenvalue weighted by Gasteiger charge is -2.09. The van der Waals surface area contributed by atoms with Crippen molar-refractivity contribution in [2.24, 2.45) is 0 Å². The summed E-state index contributed by atoms with van der Waals surface area (Å²) in [6.45, 7) is 4.06. The van der Waals surface area contributed by atoms with Crippen molar-refractivity contribution in [1.29, 1.82) is 0 Å². The van der Waals surface area contributed by atoms with E-state index >= 15 is 0 Å². The molecule has 1 aromatic carbocycles. The second kappa shape index (κ2) is 5.35. The molecule has 0 bridgehead atoms. The van der Waals surface area contributed by atoms with Crippen molar-refractivity contribution in [3.05, 3.63) is 35.4 Å². The van der Waals surface area contributed by atoms with Gasteiger partial charge in [-0.15, -0.1) is 5.10 Å². The second-order valence-corrected chi connectivity index (χ2v) is 4.26. The molecule has 8 heteroatoms. The molecule has 102 valence electrons. The van der Waals surface area contributed by atoms with Gasteiger partial charge in [0.1, 0.15) is 11.5 Å². The summed E-state index contributed by atoms with van der Waals surface area (Å²) in [4.78, 5) is 0. The second-order valence-electron chi connectivity index (χ2n) is 4.26. The van der Waals surface area contributed by atoms with Gasteiger partial charge in [0, 0.05) is 18.2 Å². The molecule has 5 nitrogen and oxygen atoms in total. The van der Waals surface area contributed by atoms with Crippen LogP contribution in [-0.2, 0) is 6.54 Å². The van der Waals surface area contributed by atoms with Gasteiger partial charge in [-0.3, -0.25) is 0 Å². The van der Waals surface area contributed by atoms with E-state index in [1.807, 2.05) is 13.8 Å². The summed E-state index contributed by atoms with van der Waals surface area (Å²) in [6.07, 6.45) is 0. The molecule has 0 radical (unpaired) electrons. The first-order valence-corrected chi connectivity index (χ1v) is 5.64. The van der Waals surface area contributed by atoms with Crippen LogP contribution in [0.1, 0.15) is 19.7 Å². The predicted octanol–water partition coefficient (Wildman–Crippen LogP) is 1.58. The van der Waals surface area contributed by atoms with E-state index in [2.05, 4.69) is 20.8 Å². The maximum absolute atomic E-state index is 13.6. The van der Waals surface area contributed by atoms with Gasteiger partial charge in [0.05, 0.1) is 6.54 Å². The molecule has 0 unspecified atom stereocenters. The predicted molar refractivity (Wildman–Crippen MR) is 61.0 cm³/mol. The first-order chi connectivity index (χ1) is 8.99. The highest BCUT2D eigenvalue weighted by atomic mass is 19.1. The summed E-state index contributed by atoms with van der Waals surface area (Å²) in [7, 11) is 0. The highest BCUT2D eigenvalue weighted by Crippen LogP contribution is 2.19. The molecule has 0 fully saturated rings. The zero-order chi connectivity index (χ0) is 14.0. The smallest absolute Gasteiger partial charge is 0.170 e. The van der Waals surface area contributed by atoms with Crippen LogP contribution in [-0.4, -0.2) is 26.2 Å². The Morgan fingerprint density at radius 3 is 2.42 bits per heavy atom. The average Bonchev–Trinajstić information content (AvgIpc) is 2.73. The van der Waals surface area contributed by atoms with E-state index in [1.165, 1.54) is 0 Å². The number of aromatic nitrogens is 4. The third kappa shape index (κ3) is 2.90. The van der Waals surface area contributed by atoms with Crippen LogP contribution >= 0.6 is 0 Å². The molecule has 0 atom stereocenters. The number of hydrogen-bond donors (Lipinski definition) is 1. The molecule has 0 aliphatic carbocycles. The van der Waals surface area contributed by atoms with Gasteiger partial charge in [-0.1, -0.05) is 13.8 Å². The lowest BCUT2D eigenvalue weighted by atomic mass is 10.2. The van der Waals surface area contributed by atoms with Crippen LogP contribution in [0.3, 0.4) is 0 Å². The Morgan fingerprint density at radius 1 is 1.21 bits per heavy atom. The van der Waals surface area contributed by atoms with Crippen LogP contribution in [0.25, 0.3) is 5.69 Å². The highest BCUT2D eigenvalue weighted by Gasteiger charge is 2.18. The van der Waals surface area contributed by atoms with E-state index in [1.54, 1.807) is 0 Å². The zero-order valence-electron chi connectivity index (χ0n) is 10.4. The molecule has 1 heterocycles. The van der Waals surface area contributed by atoms with Crippen molar-refractivity contribution in [1.82, 2.24) is 25.5 Å². The Hall–Kier alpha value is -1.96. The van der Waals surface area contributed by atoms with Crippen molar-refractivity contribution in [2.75, 3.05) is 0 Å². The quantitative estimate of drug-likeness (QED) is 0.917. The third-order valence-electron chi connectivity index (χ3n) is 2.40. The van der Waals surface area contributed by atoms with Crippen molar-refractivity contribution in [3.8, 4) is 5.69 Å². The van der Waals surface area contributed by atoms with Crippen molar-refractivity contribution >= 4 is 0 Å². The Bertz CT molecular complexity index is 558. The number of hydrogen-bond acceptors (Lipinski definition) is 4. The molecule has 1 aromatic heterocycles. The zero-order valence-corrected chi connectivity index (χ0v) is 10.4. The normalized spacial score (nSPS) is 11.3. The Balaban J connectivity index is 2.40. The fourth-order valence-corrected chi connectivity index (χ4v) is 1.52. The maximum atomic E-state index is 13.6. The summed E-state index contributed by atoms with van der Waals surface area (Å²) >= 11 is 0. The van der Waals surface area contributed by atoms with Crippen LogP contribution in [0.5, 0.6) is 0 Å². The van der Waals surface area contributed by atoms with E-state index in [9.17, 15) is 13.2 Å². The SMILES string of the molecule is CC(C)NCc1nnnn1-c1c(F)cc(F)cc1F. The van der Waals surface area contributed by atoms with E-state index in [0.29, 0.717) is 12.1 Å². The molecule has 0 spiro atoms. The van der Waals surface area contributed by atoms with Crippen LogP contribution in [0.4, 0.5) is 13.2 Å². The van der Waals surface area contributed by atoms with Gasteiger partial charge in [0.15, 0.2) is 17.5 Å². The summed E-state index contributed by atoms with van der Waals surface area (Å²) < 4.78 is 41.0. The first kappa shape index (κ1) is 13.5. The van der Waals surface area contributed by atoms with E-state index < -0.39 is 23.1 Å². The molecule has 1 N–H and O–H groups in total. The maximum Gasteiger partial charge on any atom is 0.170 e. The third-order valence-corrected chi connectivity index (χ3v) is 2.40. The number of tetrazole rings is 1. The van der Waals surface area contributed by atoms with Gasteiger partial charge in [-0.2, -0.15) is 4.68 Å². The molecule has 0 saturated carbocycles.